The molecular formula is C9H19N3O. The summed E-state index contributed by atoms with van der Waals surface area (Å²) >= 11 is 0. The third-order valence-electron chi connectivity index (χ3n) is 2.35. The number of nitrogens with one attached hydrogen (secondary N) is 2. The highest BCUT2D eigenvalue weighted by atomic mass is 16.2. The van der Waals surface area contributed by atoms with Gasteiger partial charge in [0.05, 0.1) is 6.54 Å². The van der Waals surface area contributed by atoms with Crippen molar-refractivity contribution >= 4 is 5.91 Å². The molecule has 0 saturated carbocycles. The van der Waals surface area contributed by atoms with Gasteiger partial charge in [0.25, 0.3) is 0 Å². The van der Waals surface area contributed by atoms with Gasteiger partial charge in [-0.1, -0.05) is 6.92 Å². The molecule has 0 radical (unpaired) electrons. The van der Waals surface area contributed by atoms with Crippen LogP contribution in [0.2, 0.25) is 0 Å². The van der Waals surface area contributed by atoms with E-state index in [1.165, 1.54) is 0 Å². The molecule has 0 aliphatic carbocycles. The maximum Gasteiger partial charge on any atom is 0.234 e. The summed E-state index contributed by atoms with van der Waals surface area (Å²) in [5.41, 5.74) is 0. The maximum absolute atomic E-state index is 11.3. The van der Waals surface area contributed by atoms with Crippen molar-refractivity contribution < 1.29 is 4.79 Å². The summed E-state index contributed by atoms with van der Waals surface area (Å²) < 4.78 is 0. The van der Waals surface area contributed by atoms with Crippen LogP contribution in [0.3, 0.4) is 0 Å². The first kappa shape index (κ1) is 10.5. The number of hydrogen-bond donors (Lipinski definition) is 2. The normalized spacial score (nSPS) is 17.2. The SMILES string of the molecule is CCCNC(=O)CN(C)C1CNC1. The quantitative estimate of drug-likeness (QED) is 0.602. The molecule has 0 aromatic rings. The van der Waals surface area contributed by atoms with Crippen LogP contribution in [0, 0.1) is 0 Å². The van der Waals surface area contributed by atoms with E-state index in [4.69, 9.17) is 0 Å². The number of likely N-dealkylation sites (N-methyl/N-ethyl adjacent to an activating group) is 1. The van der Waals surface area contributed by atoms with Gasteiger partial charge in [0.1, 0.15) is 0 Å². The molecule has 0 aromatic carbocycles. The van der Waals surface area contributed by atoms with Gasteiger partial charge in [0, 0.05) is 25.7 Å². The number of carbonyl (C=O) groups excluding carboxylic acids is 1. The van der Waals surface area contributed by atoms with Gasteiger partial charge in [-0.25, -0.2) is 0 Å². The highest BCUT2D eigenvalue weighted by Gasteiger charge is 2.22. The summed E-state index contributed by atoms with van der Waals surface area (Å²) in [6, 6.07) is 0.548. The van der Waals surface area contributed by atoms with Gasteiger partial charge in [0.15, 0.2) is 0 Å². The van der Waals surface area contributed by atoms with Crippen molar-refractivity contribution in [2.45, 2.75) is 19.4 Å². The molecule has 1 aliphatic rings. The zero-order valence-electron chi connectivity index (χ0n) is 8.47. The Morgan fingerprint density at radius 3 is 2.77 bits per heavy atom. The smallest absolute Gasteiger partial charge is 0.234 e. The minimum Gasteiger partial charge on any atom is -0.355 e. The van der Waals surface area contributed by atoms with Crippen LogP contribution >= 0.6 is 0 Å². The van der Waals surface area contributed by atoms with E-state index >= 15 is 0 Å². The number of nitrogens with zero attached hydrogens (tertiary/aromatic N) is 1. The fraction of sp³-hybridized carbons (Fsp3) is 0.889. The van der Waals surface area contributed by atoms with E-state index < -0.39 is 0 Å². The van der Waals surface area contributed by atoms with Crippen LogP contribution in [-0.4, -0.2) is 50.1 Å². The fourth-order valence-electron chi connectivity index (χ4n) is 1.26. The molecule has 1 amide bonds. The molecule has 1 fully saturated rings. The molecule has 1 aliphatic heterocycles. The topological polar surface area (TPSA) is 44.4 Å². The van der Waals surface area contributed by atoms with E-state index in [-0.39, 0.29) is 5.91 Å². The average molecular weight is 185 g/mol. The van der Waals surface area contributed by atoms with Crippen LogP contribution in [0.15, 0.2) is 0 Å². The van der Waals surface area contributed by atoms with Gasteiger partial charge < -0.3 is 10.6 Å². The lowest BCUT2D eigenvalue weighted by molar-refractivity contribution is -0.122. The Labute approximate surface area is 79.7 Å². The Balaban J connectivity index is 2.11. The summed E-state index contributed by atoms with van der Waals surface area (Å²) in [6.07, 6.45) is 1.00. The molecule has 76 valence electrons. The van der Waals surface area contributed by atoms with Crippen molar-refractivity contribution in [3.63, 3.8) is 0 Å². The first-order valence-electron chi connectivity index (χ1n) is 4.91. The summed E-state index contributed by atoms with van der Waals surface area (Å²) in [4.78, 5) is 13.4. The molecule has 0 atom stereocenters. The van der Waals surface area contributed by atoms with E-state index in [0.717, 1.165) is 26.1 Å². The lowest BCUT2D eigenvalue weighted by Gasteiger charge is -2.35. The van der Waals surface area contributed by atoms with Gasteiger partial charge in [0.2, 0.25) is 5.91 Å². The highest BCUT2D eigenvalue weighted by molar-refractivity contribution is 5.77. The second-order valence-electron chi connectivity index (χ2n) is 3.58. The Morgan fingerprint density at radius 1 is 1.62 bits per heavy atom. The van der Waals surface area contributed by atoms with E-state index in [9.17, 15) is 4.79 Å². The molecule has 0 spiro atoms. The van der Waals surface area contributed by atoms with E-state index in [1.54, 1.807) is 0 Å². The van der Waals surface area contributed by atoms with Gasteiger partial charge in [-0.15, -0.1) is 0 Å². The molecule has 2 N–H and O–H groups in total. The highest BCUT2D eigenvalue weighted by Crippen LogP contribution is 2.00. The second kappa shape index (κ2) is 5.19. The number of hydrogen-bond acceptors (Lipinski definition) is 3. The molecule has 1 heterocycles. The Bertz CT molecular complexity index is 168. The minimum atomic E-state index is 0.135. The predicted octanol–water partition coefficient (Wildman–Crippen LogP) is -0.584. The van der Waals surface area contributed by atoms with E-state index in [2.05, 4.69) is 22.5 Å². The molecule has 0 aromatic heterocycles. The van der Waals surface area contributed by atoms with Gasteiger partial charge in [-0.3, -0.25) is 9.69 Å². The maximum atomic E-state index is 11.3. The molecular weight excluding hydrogens is 166 g/mol. The first-order chi connectivity index (χ1) is 6.24. The zero-order chi connectivity index (χ0) is 9.68. The largest absolute Gasteiger partial charge is 0.355 e. The van der Waals surface area contributed by atoms with Gasteiger partial charge in [-0.05, 0) is 13.5 Å². The fourth-order valence-corrected chi connectivity index (χ4v) is 1.26. The lowest BCUT2D eigenvalue weighted by Crippen LogP contribution is -2.57. The van der Waals surface area contributed by atoms with Gasteiger partial charge >= 0.3 is 0 Å². The van der Waals surface area contributed by atoms with Crippen LogP contribution in [0.1, 0.15) is 13.3 Å². The second-order valence-corrected chi connectivity index (χ2v) is 3.58. The van der Waals surface area contributed by atoms with Crippen molar-refractivity contribution in [3.05, 3.63) is 0 Å². The zero-order valence-corrected chi connectivity index (χ0v) is 8.47. The minimum absolute atomic E-state index is 0.135. The Hall–Kier alpha value is -0.610. The molecule has 13 heavy (non-hydrogen) atoms. The summed E-state index contributed by atoms with van der Waals surface area (Å²) in [7, 11) is 2.00. The van der Waals surface area contributed by atoms with Crippen LogP contribution in [0.5, 0.6) is 0 Å². The van der Waals surface area contributed by atoms with Crippen LogP contribution in [0.25, 0.3) is 0 Å². The molecule has 1 rings (SSSR count). The lowest BCUT2D eigenvalue weighted by atomic mass is 10.1. The molecule has 1 saturated heterocycles. The Kier molecular flexibility index (Phi) is 4.18. The number of rotatable bonds is 5. The van der Waals surface area contributed by atoms with E-state index in [1.807, 2.05) is 7.05 Å². The predicted molar refractivity (Wildman–Crippen MR) is 52.6 cm³/mol. The van der Waals surface area contributed by atoms with Crippen molar-refractivity contribution in [2.24, 2.45) is 0 Å². The summed E-state index contributed by atoms with van der Waals surface area (Å²) in [5, 5.41) is 6.05. The molecule has 4 heteroatoms. The average Bonchev–Trinajstić information content (AvgIpc) is 1.97. The van der Waals surface area contributed by atoms with Crippen LogP contribution < -0.4 is 10.6 Å². The van der Waals surface area contributed by atoms with Gasteiger partial charge in [-0.2, -0.15) is 0 Å². The van der Waals surface area contributed by atoms with Crippen molar-refractivity contribution in [1.82, 2.24) is 15.5 Å². The number of amides is 1. The third kappa shape index (κ3) is 3.32. The van der Waals surface area contributed by atoms with E-state index in [0.29, 0.717) is 12.6 Å². The monoisotopic (exact) mass is 185 g/mol. The van der Waals surface area contributed by atoms with Crippen LogP contribution in [0.4, 0.5) is 0 Å². The van der Waals surface area contributed by atoms with Crippen molar-refractivity contribution in [2.75, 3.05) is 33.2 Å². The van der Waals surface area contributed by atoms with Crippen molar-refractivity contribution in [3.8, 4) is 0 Å². The number of carbonyl (C=O) groups is 1. The summed E-state index contributed by atoms with van der Waals surface area (Å²) in [6.45, 7) is 5.39. The van der Waals surface area contributed by atoms with Crippen molar-refractivity contribution in [1.29, 1.82) is 0 Å². The molecule has 0 bridgehead atoms. The standard InChI is InChI=1S/C9H19N3O/c1-3-4-11-9(13)7-12(2)8-5-10-6-8/h8,10H,3-7H2,1-2H3,(H,11,13). The molecule has 4 nitrogen and oxygen atoms in total. The molecule has 0 unspecified atom stereocenters. The van der Waals surface area contributed by atoms with Crippen LogP contribution in [-0.2, 0) is 4.79 Å². The summed E-state index contributed by atoms with van der Waals surface area (Å²) in [5.74, 6) is 0.135. The first-order valence-corrected chi connectivity index (χ1v) is 4.91. The third-order valence-corrected chi connectivity index (χ3v) is 2.35. The Morgan fingerprint density at radius 2 is 2.31 bits per heavy atom.